The predicted octanol–water partition coefficient (Wildman–Crippen LogP) is 2.84. The Morgan fingerprint density at radius 2 is 1.89 bits per heavy atom. The number of carbonyl (C=O) groups is 1. The van der Waals surface area contributed by atoms with Crippen molar-refractivity contribution in [1.29, 1.82) is 0 Å². The molecule has 98 valence electrons. The number of aliphatic carboxylic acids is 1. The second kappa shape index (κ2) is 4.35. The number of carboxylic acids is 1. The standard InChI is InChI=1S/C16H16O3/c17-14(18)10-12-7-6-11-4-1-2-5-13(11)15(12)16(19)8-3-9-16/h1-2,4-7,19H,3,8-10H2,(H,17,18). The first-order valence-electron chi connectivity index (χ1n) is 6.55. The molecule has 0 heterocycles. The second-order valence-corrected chi connectivity index (χ2v) is 5.28. The molecule has 1 aliphatic carbocycles. The van der Waals surface area contributed by atoms with Crippen molar-refractivity contribution in [2.75, 3.05) is 0 Å². The van der Waals surface area contributed by atoms with Crippen LogP contribution in [0.3, 0.4) is 0 Å². The van der Waals surface area contributed by atoms with Gasteiger partial charge in [-0.3, -0.25) is 4.79 Å². The van der Waals surface area contributed by atoms with Gasteiger partial charge in [0.15, 0.2) is 0 Å². The van der Waals surface area contributed by atoms with Gasteiger partial charge in [-0.15, -0.1) is 0 Å². The maximum absolute atomic E-state index is 11.0. The molecule has 0 spiro atoms. The Kier molecular flexibility index (Phi) is 2.79. The molecule has 1 fully saturated rings. The summed E-state index contributed by atoms with van der Waals surface area (Å²) in [5.74, 6) is -0.862. The predicted molar refractivity (Wildman–Crippen MR) is 73.0 cm³/mol. The number of fused-ring (bicyclic) bond motifs is 1. The first kappa shape index (κ1) is 12.2. The van der Waals surface area contributed by atoms with E-state index in [4.69, 9.17) is 5.11 Å². The lowest BCUT2D eigenvalue weighted by Gasteiger charge is -2.39. The van der Waals surface area contributed by atoms with Crippen LogP contribution in [0.2, 0.25) is 0 Å². The van der Waals surface area contributed by atoms with E-state index in [0.717, 1.165) is 28.3 Å². The zero-order valence-electron chi connectivity index (χ0n) is 10.6. The first-order valence-corrected chi connectivity index (χ1v) is 6.55. The van der Waals surface area contributed by atoms with Gasteiger partial charge in [0.1, 0.15) is 0 Å². The lowest BCUT2D eigenvalue weighted by Crippen LogP contribution is -2.35. The molecule has 1 aliphatic rings. The number of hydrogen-bond donors (Lipinski definition) is 2. The van der Waals surface area contributed by atoms with E-state index < -0.39 is 11.6 Å². The van der Waals surface area contributed by atoms with E-state index in [2.05, 4.69) is 0 Å². The Bertz CT molecular complexity index is 641. The van der Waals surface area contributed by atoms with E-state index in [1.165, 1.54) is 0 Å². The summed E-state index contributed by atoms with van der Waals surface area (Å²) in [5, 5.41) is 21.7. The van der Waals surface area contributed by atoms with Gasteiger partial charge in [0.25, 0.3) is 0 Å². The lowest BCUT2D eigenvalue weighted by atomic mass is 9.71. The van der Waals surface area contributed by atoms with Crippen molar-refractivity contribution in [3.8, 4) is 0 Å². The lowest BCUT2D eigenvalue weighted by molar-refractivity contribution is -0.136. The summed E-state index contributed by atoms with van der Waals surface area (Å²) in [6.07, 6.45) is 2.38. The molecule has 3 heteroatoms. The van der Waals surface area contributed by atoms with Crippen molar-refractivity contribution in [2.45, 2.75) is 31.3 Å². The highest BCUT2D eigenvalue weighted by molar-refractivity contribution is 5.89. The minimum Gasteiger partial charge on any atom is -0.481 e. The van der Waals surface area contributed by atoms with Gasteiger partial charge in [0.2, 0.25) is 0 Å². The van der Waals surface area contributed by atoms with Crippen LogP contribution in [-0.2, 0) is 16.8 Å². The maximum Gasteiger partial charge on any atom is 0.307 e. The number of hydrogen-bond acceptors (Lipinski definition) is 2. The van der Waals surface area contributed by atoms with Crippen LogP contribution in [0.5, 0.6) is 0 Å². The Morgan fingerprint density at radius 3 is 2.53 bits per heavy atom. The molecule has 2 N–H and O–H groups in total. The van der Waals surface area contributed by atoms with E-state index >= 15 is 0 Å². The molecule has 0 amide bonds. The van der Waals surface area contributed by atoms with Gasteiger partial charge < -0.3 is 10.2 Å². The molecule has 2 aromatic carbocycles. The summed E-state index contributed by atoms with van der Waals surface area (Å²) in [6, 6.07) is 11.6. The molecule has 3 nitrogen and oxygen atoms in total. The molecule has 19 heavy (non-hydrogen) atoms. The van der Waals surface area contributed by atoms with E-state index in [1.54, 1.807) is 0 Å². The maximum atomic E-state index is 11.0. The SMILES string of the molecule is O=C(O)Cc1ccc2ccccc2c1C1(O)CCC1. The van der Waals surface area contributed by atoms with E-state index in [1.807, 2.05) is 36.4 Å². The van der Waals surface area contributed by atoms with Gasteiger partial charge >= 0.3 is 5.97 Å². The van der Waals surface area contributed by atoms with Crippen LogP contribution in [0.15, 0.2) is 36.4 Å². The number of benzene rings is 2. The Morgan fingerprint density at radius 1 is 1.16 bits per heavy atom. The molecule has 1 saturated carbocycles. The number of rotatable bonds is 3. The highest BCUT2D eigenvalue weighted by atomic mass is 16.4. The highest BCUT2D eigenvalue weighted by Crippen LogP contribution is 2.45. The largest absolute Gasteiger partial charge is 0.481 e. The zero-order chi connectivity index (χ0) is 13.5. The Balaban J connectivity index is 2.25. The fourth-order valence-electron chi connectivity index (χ4n) is 2.94. The van der Waals surface area contributed by atoms with E-state index in [-0.39, 0.29) is 6.42 Å². The molecule has 2 aromatic rings. The fraction of sp³-hybridized carbons (Fsp3) is 0.312. The average Bonchev–Trinajstić information content (AvgIpc) is 2.35. The van der Waals surface area contributed by atoms with Crippen molar-refractivity contribution < 1.29 is 15.0 Å². The summed E-state index contributed by atoms with van der Waals surface area (Å²) in [7, 11) is 0. The normalized spacial score (nSPS) is 17.1. The van der Waals surface area contributed by atoms with Crippen LogP contribution < -0.4 is 0 Å². The Labute approximate surface area is 111 Å². The second-order valence-electron chi connectivity index (χ2n) is 5.28. The monoisotopic (exact) mass is 256 g/mol. The molecule has 0 radical (unpaired) electrons. The van der Waals surface area contributed by atoms with Crippen LogP contribution in [0.1, 0.15) is 30.4 Å². The van der Waals surface area contributed by atoms with E-state index in [0.29, 0.717) is 12.8 Å². The molecular weight excluding hydrogens is 240 g/mol. The van der Waals surface area contributed by atoms with Gasteiger partial charge in [-0.25, -0.2) is 0 Å². The molecule has 3 rings (SSSR count). The van der Waals surface area contributed by atoms with Gasteiger partial charge in [-0.05, 0) is 41.2 Å². The molecule has 0 bridgehead atoms. The van der Waals surface area contributed by atoms with Crippen molar-refractivity contribution in [3.63, 3.8) is 0 Å². The van der Waals surface area contributed by atoms with Crippen molar-refractivity contribution in [1.82, 2.24) is 0 Å². The minimum absolute atomic E-state index is 0.0392. The van der Waals surface area contributed by atoms with Gasteiger partial charge in [0, 0.05) is 0 Å². The molecule has 0 saturated heterocycles. The smallest absolute Gasteiger partial charge is 0.307 e. The highest BCUT2D eigenvalue weighted by Gasteiger charge is 2.39. The van der Waals surface area contributed by atoms with Crippen LogP contribution >= 0.6 is 0 Å². The molecular formula is C16H16O3. The van der Waals surface area contributed by atoms with E-state index in [9.17, 15) is 9.90 Å². The van der Waals surface area contributed by atoms with Crippen LogP contribution in [0.4, 0.5) is 0 Å². The third-order valence-corrected chi connectivity index (χ3v) is 4.00. The van der Waals surface area contributed by atoms with Gasteiger partial charge in [0.05, 0.1) is 12.0 Å². The fourth-order valence-corrected chi connectivity index (χ4v) is 2.94. The van der Waals surface area contributed by atoms with Crippen LogP contribution in [0.25, 0.3) is 10.8 Å². The first-order chi connectivity index (χ1) is 9.10. The van der Waals surface area contributed by atoms with Gasteiger partial charge in [-0.2, -0.15) is 0 Å². The van der Waals surface area contributed by atoms with Crippen molar-refractivity contribution in [3.05, 3.63) is 47.5 Å². The summed E-state index contributed by atoms with van der Waals surface area (Å²) in [5.41, 5.74) is 0.707. The molecule has 0 aliphatic heterocycles. The van der Waals surface area contributed by atoms with Crippen LogP contribution in [-0.4, -0.2) is 16.2 Å². The molecule has 0 atom stereocenters. The third kappa shape index (κ3) is 2.00. The summed E-state index contributed by atoms with van der Waals surface area (Å²) in [4.78, 5) is 11.0. The summed E-state index contributed by atoms with van der Waals surface area (Å²) in [6.45, 7) is 0. The minimum atomic E-state index is -0.862. The number of aliphatic hydroxyl groups is 1. The third-order valence-electron chi connectivity index (χ3n) is 4.00. The van der Waals surface area contributed by atoms with Crippen LogP contribution in [0, 0.1) is 0 Å². The summed E-state index contributed by atoms with van der Waals surface area (Å²) >= 11 is 0. The molecule has 0 aromatic heterocycles. The topological polar surface area (TPSA) is 57.5 Å². The molecule has 0 unspecified atom stereocenters. The summed E-state index contributed by atoms with van der Waals surface area (Å²) < 4.78 is 0. The van der Waals surface area contributed by atoms with Crippen molar-refractivity contribution in [2.24, 2.45) is 0 Å². The zero-order valence-corrected chi connectivity index (χ0v) is 10.6. The quantitative estimate of drug-likeness (QED) is 0.887. The van der Waals surface area contributed by atoms with Crippen molar-refractivity contribution >= 4 is 16.7 Å². The number of carboxylic acid groups (broad SMARTS) is 1. The average molecular weight is 256 g/mol. The van der Waals surface area contributed by atoms with Gasteiger partial charge in [-0.1, -0.05) is 36.4 Å². The Hall–Kier alpha value is -1.87.